The minimum atomic E-state index is 0.402. The third-order valence-corrected chi connectivity index (χ3v) is 6.21. The molecule has 24 heavy (non-hydrogen) atoms. The predicted molar refractivity (Wildman–Crippen MR) is 96.0 cm³/mol. The first-order chi connectivity index (χ1) is 11.7. The van der Waals surface area contributed by atoms with Gasteiger partial charge in [-0.25, -0.2) is 0 Å². The lowest BCUT2D eigenvalue weighted by Gasteiger charge is -2.40. The normalized spacial score (nSPS) is 28.7. The van der Waals surface area contributed by atoms with Gasteiger partial charge >= 0.3 is 0 Å². The summed E-state index contributed by atoms with van der Waals surface area (Å²) in [4.78, 5) is 17.7. The molecule has 3 saturated heterocycles. The van der Waals surface area contributed by atoms with Crippen molar-refractivity contribution in [2.75, 3.05) is 52.5 Å². The summed E-state index contributed by atoms with van der Waals surface area (Å²) in [6.07, 6.45) is 6.81. The summed E-state index contributed by atoms with van der Waals surface area (Å²) < 4.78 is 5.46. The van der Waals surface area contributed by atoms with Crippen molar-refractivity contribution in [2.45, 2.75) is 51.5 Å². The molecule has 0 aromatic carbocycles. The fourth-order valence-corrected chi connectivity index (χ4v) is 4.57. The number of amides is 1. The van der Waals surface area contributed by atoms with E-state index in [1.54, 1.807) is 0 Å². The molecule has 1 amide bonds. The average molecular weight is 338 g/mol. The second kappa shape index (κ2) is 9.16. The number of piperidine rings is 2. The number of nitrogens with one attached hydrogen (secondary N) is 1. The lowest BCUT2D eigenvalue weighted by Crippen LogP contribution is -2.51. The van der Waals surface area contributed by atoms with Crippen molar-refractivity contribution in [2.24, 2.45) is 11.8 Å². The quantitative estimate of drug-likeness (QED) is 0.830. The topological polar surface area (TPSA) is 44.8 Å². The Bertz CT molecular complexity index is 392. The zero-order chi connectivity index (χ0) is 16.8. The number of carbonyl (C=O) groups excluding carboxylic acids is 1. The highest BCUT2D eigenvalue weighted by Gasteiger charge is 2.31. The number of rotatable bonds is 5. The SMILES string of the molecule is CC(CC(=O)N1CCCCC1CN1CCOCC1)C1CCNCC1. The molecule has 2 unspecified atom stereocenters. The van der Waals surface area contributed by atoms with Crippen molar-refractivity contribution < 1.29 is 9.53 Å². The second-order valence-corrected chi connectivity index (χ2v) is 7.92. The zero-order valence-electron chi connectivity index (χ0n) is 15.3. The predicted octanol–water partition coefficient (Wildman–Crippen LogP) is 1.73. The van der Waals surface area contributed by atoms with Crippen LogP contribution < -0.4 is 5.32 Å². The Balaban J connectivity index is 1.52. The van der Waals surface area contributed by atoms with Gasteiger partial charge in [0.1, 0.15) is 0 Å². The summed E-state index contributed by atoms with van der Waals surface area (Å²) >= 11 is 0. The van der Waals surface area contributed by atoms with Crippen LogP contribution in [0, 0.1) is 11.8 Å². The van der Waals surface area contributed by atoms with Crippen molar-refractivity contribution in [3.63, 3.8) is 0 Å². The van der Waals surface area contributed by atoms with Gasteiger partial charge in [0.05, 0.1) is 13.2 Å². The molecule has 3 aliphatic heterocycles. The largest absolute Gasteiger partial charge is 0.379 e. The Morgan fingerprint density at radius 2 is 1.88 bits per heavy atom. The Labute approximate surface area is 147 Å². The Kier molecular flexibility index (Phi) is 6.93. The monoisotopic (exact) mass is 337 g/mol. The van der Waals surface area contributed by atoms with Crippen LogP contribution in [0.15, 0.2) is 0 Å². The fourth-order valence-electron chi connectivity index (χ4n) is 4.57. The number of ether oxygens (including phenoxy) is 1. The molecular formula is C19H35N3O2. The van der Waals surface area contributed by atoms with Gasteiger partial charge in [0, 0.05) is 38.6 Å². The first-order valence-electron chi connectivity index (χ1n) is 10.0. The maximum atomic E-state index is 13.0. The fraction of sp³-hybridized carbons (Fsp3) is 0.947. The average Bonchev–Trinajstić information content (AvgIpc) is 2.63. The Hall–Kier alpha value is -0.650. The van der Waals surface area contributed by atoms with Crippen LogP contribution in [0.2, 0.25) is 0 Å². The Morgan fingerprint density at radius 3 is 2.62 bits per heavy atom. The molecule has 0 spiro atoms. The van der Waals surface area contributed by atoms with E-state index in [-0.39, 0.29) is 0 Å². The zero-order valence-corrected chi connectivity index (χ0v) is 15.3. The van der Waals surface area contributed by atoms with E-state index in [2.05, 4.69) is 22.0 Å². The highest BCUT2D eigenvalue weighted by atomic mass is 16.5. The van der Waals surface area contributed by atoms with E-state index in [9.17, 15) is 4.79 Å². The van der Waals surface area contributed by atoms with Crippen LogP contribution in [-0.2, 0) is 9.53 Å². The van der Waals surface area contributed by atoms with Gasteiger partial charge in [0.2, 0.25) is 5.91 Å². The van der Waals surface area contributed by atoms with Gasteiger partial charge in [0.15, 0.2) is 0 Å². The molecule has 1 N–H and O–H groups in total. The van der Waals surface area contributed by atoms with Gasteiger partial charge in [-0.1, -0.05) is 6.92 Å². The number of nitrogens with zero attached hydrogens (tertiary/aromatic N) is 2. The molecule has 0 saturated carbocycles. The maximum absolute atomic E-state index is 13.0. The summed E-state index contributed by atoms with van der Waals surface area (Å²) in [5.74, 6) is 1.64. The Morgan fingerprint density at radius 1 is 1.12 bits per heavy atom. The third kappa shape index (κ3) is 4.93. The van der Waals surface area contributed by atoms with Crippen LogP contribution in [0.4, 0.5) is 0 Å². The molecule has 5 heteroatoms. The number of hydrogen-bond acceptors (Lipinski definition) is 4. The first kappa shape index (κ1) is 18.2. The van der Waals surface area contributed by atoms with Crippen molar-refractivity contribution in [1.29, 1.82) is 0 Å². The lowest BCUT2D eigenvalue weighted by molar-refractivity contribution is -0.137. The molecule has 3 aliphatic rings. The molecule has 0 aliphatic carbocycles. The van der Waals surface area contributed by atoms with Gasteiger partial charge in [-0.15, -0.1) is 0 Å². The van der Waals surface area contributed by atoms with E-state index in [0.717, 1.165) is 64.8 Å². The summed E-state index contributed by atoms with van der Waals surface area (Å²) in [5.41, 5.74) is 0. The molecule has 3 fully saturated rings. The summed E-state index contributed by atoms with van der Waals surface area (Å²) in [7, 11) is 0. The number of carbonyl (C=O) groups is 1. The van der Waals surface area contributed by atoms with Gasteiger partial charge < -0.3 is 15.0 Å². The van der Waals surface area contributed by atoms with Gasteiger partial charge in [0.25, 0.3) is 0 Å². The molecule has 2 atom stereocenters. The number of likely N-dealkylation sites (tertiary alicyclic amines) is 1. The molecule has 0 radical (unpaired) electrons. The second-order valence-electron chi connectivity index (χ2n) is 7.92. The molecule has 5 nitrogen and oxygen atoms in total. The molecule has 3 heterocycles. The van der Waals surface area contributed by atoms with Crippen molar-refractivity contribution in [1.82, 2.24) is 15.1 Å². The minimum Gasteiger partial charge on any atom is -0.379 e. The van der Waals surface area contributed by atoms with E-state index >= 15 is 0 Å². The van der Waals surface area contributed by atoms with E-state index < -0.39 is 0 Å². The van der Waals surface area contributed by atoms with E-state index in [1.807, 2.05) is 0 Å². The summed E-state index contributed by atoms with van der Waals surface area (Å²) in [5, 5.41) is 3.43. The van der Waals surface area contributed by atoms with Crippen LogP contribution in [0.5, 0.6) is 0 Å². The van der Waals surface area contributed by atoms with Crippen molar-refractivity contribution >= 4 is 5.91 Å². The summed E-state index contributed by atoms with van der Waals surface area (Å²) in [6.45, 7) is 10.2. The van der Waals surface area contributed by atoms with Crippen LogP contribution in [0.3, 0.4) is 0 Å². The maximum Gasteiger partial charge on any atom is 0.223 e. The molecule has 0 aromatic rings. The highest BCUT2D eigenvalue weighted by molar-refractivity contribution is 5.77. The van der Waals surface area contributed by atoms with E-state index in [4.69, 9.17) is 4.74 Å². The molecule has 3 rings (SSSR count). The van der Waals surface area contributed by atoms with Crippen LogP contribution in [0.1, 0.15) is 45.4 Å². The standard InChI is InChI=1S/C19H35N3O2/c1-16(17-5-7-20-8-6-17)14-19(23)22-9-3-2-4-18(22)15-21-10-12-24-13-11-21/h16-18,20H,2-15H2,1H3. The molecular weight excluding hydrogens is 302 g/mol. The van der Waals surface area contributed by atoms with Gasteiger partial charge in [-0.05, 0) is 57.0 Å². The number of hydrogen-bond donors (Lipinski definition) is 1. The van der Waals surface area contributed by atoms with E-state index in [1.165, 1.54) is 32.1 Å². The van der Waals surface area contributed by atoms with Crippen LogP contribution in [-0.4, -0.2) is 74.2 Å². The first-order valence-corrected chi connectivity index (χ1v) is 10.0. The number of morpholine rings is 1. The van der Waals surface area contributed by atoms with Crippen LogP contribution >= 0.6 is 0 Å². The highest BCUT2D eigenvalue weighted by Crippen LogP contribution is 2.27. The van der Waals surface area contributed by atoms with E-state index in [0.29, 0.717) is 17.9 Å². The van der Waals surface area contributed by atoms with Crippen molar-refractivity contribution in [3.05, 3.63) is 0 Å². The lowest BCUT2D eigenvalue weighted by atomic mass is 9.83. The van der Waals surface area contributed by atoms with Gasteiger partial charge in [-0.2, -0.15) is 0 Å². The minimum absolute atomic E-state index is 0.402. The van der Waals surface area contributed by atoms with Crippen molar-refractivity contribution in [3.8, 4) is 0 Å². The summed E-state index contributed by atoms with van der Waals surface area (Å²) in [6, 6.07) is 0.421. The molecule has 0 aromatic heterocycles. The molecule has 0 bridgehead atoms. The molecule has 138 valence electrons. The third-order valence-electron chi connectivity index (χ3n) is 6.21. The smallest absolute Gasteiger partial charge is 0.223 e. The van der Waals surface area contributed by atoms with Gasteiger partial charge in [-0.3, -0.25) is 9.69 Å². The van der Waals surface area contributed by atoms with Crippen LogP contribution in [0.25, 0.3) is 0 Å².